The number of hydrogen-bond donors (Lipinski definition) is 1. The molecule has 0 bridgehead atoms. The molecule has 17 heavy (non-hydrogen) atoms. The highest BCUT2D eigenvalue weighted by molar-refractivity contribution is 5.85. The van der Waals surface area contributed by atoms with E-state index in [-0.39, 0.29) is 12.4 Å². The van der Waals surface area contributed by atoms with E-state index >= 15 is 0 Å². The van der Waals surface area contributed by atoms with Gasteiger partial charge in [0.15, 0.2) is 0 Å². The van der Waals surface area contributed by atoms with Crippen LogP contribution in [0.25, 0.3) is 0 Å². The molecule has 1 fully saturated rings. The Kier molecular flexibility index (Phi) is 6.16. The highest BCUT2D eigenvalue weighted by Gasteiger charge is 2.13. The van der Waals surface area contributed by atoms with E-state index in [0.717, 1.165) is 31.2 Å². The molecular weight excluding hydrogens is 238 g/mol. The van der Waals surface area contributed by atoms with Gasteiger partial charge in [-0.3, -0.25) is 0 Å². The molecule has 1 saturated heterocycles. The Labute approximate surface area is 109 Å². The summed E-state index contributed by atoms with van der Waals surface area (Å²) in [7, 11) is 1.67. The van der Waals surface area contributed by atoms with Crippen LogP contribution < -0.4 is 14.8 Å². The number of benzene rings is 1. The summed E-state index contributed by atoms with van der Waals surface area (Å²) in [5.41, 5.74) is 0. The Morgan fingerprint density at radius 2 is 1.71 bits per heavy atom. The Hall–Kier alpha value is -0.930. The second-order valence-corrected chi connectivity index (χ2v) is 4.18. The van der Waals surface area contributed by atoms with Gasteiger partial charge in [-0.15, -0.1) is 12.4 Å². The molecule has 2 rings (SSSR count). The van der Waals surface area contributed by atoms with Gasteiger partial charge in [-0.05, 0) is 56.1 Å². The number of nitrogens with one attached hydrogen (secondary N) is 1. The van der Waals surface area contributed by atoms with Gasteiger partial charge in [0.2, 0.25) is 0 Å². The van der Waals surface area contributed by atoms with Crippen molar-refractivity contribution >= 4 is 12.4 Å². The topological polar surface area (TPSA) is 30.5 Å². The molecule has 0 radical (unpaired) electrons. The number of methoxy groups -OCH3 is 1. The summed E-state index contributed by atoms with van der Waals surface area (Å²) in [4.78, 5) is 0. The van der Waals surface area contributed by atoms with Crippen LogP contribution in [0.5, 0.6) is 11.5 Å². The van der Waals surface area contributed by atoms with Gasteiger partial charge in [-0.1, -0.05) is 0 Å². The highest BCUT2D eigenvalue weighted by atomic mass is 35.5. The van der Waals surface area contributed by atoms with Crippen molar-refractivity contribution in [1.29, 1.82) is 0 Å². The van der Waals surface area contributed by atoms with Gasteiger partial charge in [0.25, 0.3) is 0 Å². The first kappa shape index (κ1) is 14.1. The monoisotopic (exact) mass is 257 g/mol. The number of rotatable bonds is 4. The van der Waals surface area contributed by atoms with Crippen molar-refractivity contribution in [3.05, 3.63) is 24.3 Å². The summed E-state index contributed by atoms with van der Waals surface area (Å²) in [6, 6.07) is 7.77. The maximum Gasteiger partial charge on any atom is 0.119 e. The second-order valence-electron chi connectivity index (χ2n) is 4.18. The molecule has 96 valence electrons. The third-order valence-corrected chi connectivity index (χ3v) is 3.00. The van der Waals surface area contributed by atoms with Crippen LogP contribution in [0.1, 0.15) is 12.8 Å². The number of hydrogen-bond acceptors (Lipinski definition) is 3. The highest BCUT2D eigenvalue weighted by Crippen LogP contribution is 2.19. The molecule has 0 aliphatic carbocycles. The van der Waals surface area contributed by atoms with Crippen molar-refractivity contribution in [3.63, 3.8) is 0 Å². The number of piperidine rings is 1. The van der Waals surface area contributed by atoms with Crippen LogP contribution in [0.4, 0.5) is 0 Å². The molecule has 0 spiro atoms. The smallest absolute Gasteiger partial charge is 0.119 e. The van der Waals surface area contributed by atoms with Crippen LogP contribution in [0.15, 0.2) is 24.3 Å². The molecule has 1 aromatic rings. The molecule has 0 unspecified atom stereocenters. The van der Waals surface area contributed by atoms with Gasteiger partial charge in [0.05, 0.1) is 13.7 Å². The molecule has 0 atom stereocenters. The molecule has 1 aliphatic heterocycles. The van der Waals surface area contributed by atoms with Crippen LogP contribution in [-0.4, -0.2) is 26.8 Å². The summed E-state index contributed by atoms with van der Waals surface area (Å²) < 4.78 is 10.9. The van der Waals surface area contributed by atoms with E-state index in [9.17, 15) is 0 Å². The van der Waals surface area contributed by atoms with Crippen molar-refractivity contribution in [2.75, 3.05) is 26.8 Å². The van der Waals surface area contributed by atoms with E-state index in [0.29, 0.717) is 5.92 Å². The fraction of sp³-hybridized carbons (Fsp3) is 0.538. The van der Waals surface area contributed by atoms with Crippen LogP contribution >= 0.6 is 12.4 Å². The Morgan fingerprint density at radius 1 is 1.12 bits per heavy atom. The molecule has 0 saturated carbocycles. The molecule has 0 aromatic heterocycles. The van der Waals surface area contributed by atoms with Crippen LogP contribution in [0, 0.1) is 5.92 Å². The van der Waals surface area contributed by atoms with Gasteiger partial charge < -0.3 is 14.8 Å². The van der Waals surface area contributed by atoms with Gasteiger partial charge in [0, 0.05) is 0 Å². The van der Waals surface area contributed by atoms with Crippen molar-refractivity contribution in [3.8, 4) is 11.5 Å². The maximum atomic E-state index is 5.76. The summed E-state index contributed by atoms with van der Waals surface area (Å²) in [5, 5.41) is 3.36. The molecule has 1 N–H and O–H groups in total. The lowest BCUT2D eigenvalue weighted by molar-refractivity contribution is 0.215. The minimum atomic E-state index is 0. The summed E-state index contributed by atoms with van der Waals surface area (Å²) in [6.07, 6.45) is 2.44. The van der Waals surface area contributed by atoms with Crippen molar-refractivity contribution in [2.24, 2.45) is 5.92 Å². The molecular formula is C13H20ClNO2. The van der Waals surface area contributed by atoms with Gasteiger partial charge in [-0.2, -0.15) is 0 Å². The van der Waals surface area contributed by atoms with E-state index < -0.39 is 0 Å². The lowest BCUT2D eigenvalue weighted by atomic mass is 9.99. The third kappa shape index (κ3) is 4.44. The van der Waals surface area contributed by atoms with E-state index in [1.165, 1.54) is 12.8 Å². The van der Waals surface area contributed by atoms with Crippen LogP contribution in [0.3, 0.4) is 0 Å². The quantitative estimate of drug-likeness (QED) is 0.899. The molecule has 0 amide bonds. The van der Waals surface area contributed by atoms with Crippen molar-refractivity contribution in [1.82, 2.24) is 5.32 Å². The SMILES string of the molecule is COc1ccc(OCC2CCNCC2)cc1.Cl. The molecule has 3 nitrogen and oxygen atoms in total. The number of halogens is 1. The lowest BCUT2D eigenvalue weighted by Gasteiger charge is -2.22. The molecule has 4 heteroatoms. The summed E-state index contributed by atoms with van der Waals surface area (Å²) in [5.74, 6) is 2.50. The third-order valence-electron chi connectivity index (χ3n) is 3.00. The van der Waals surface area contributed by atoms with Gasteiger partial charge in [-0.25, -0.2) is 0 Å². The Balaban J connectivity index is 0.00000144. The fourth-order valence-electron chi connectivity index (χ4n) is 1.93. The van der Waals surface area contributed by atoms with E-state index in [4.69, 9.17) is 9.47 Å². The molecule has 1 aromatic carbocycles. The predicted molar refractivity (Wildman–Crippen MR) is 71.3 cm³/mol. The molecule has 1 aliphatic rings. The largest absolute Gasteiger partial charge is 0.497 e. The average Bonchev–Trinajstić information content (AvgIpc) is 2.38. The van der Waals surface area contributed by atoms with Gasteiger partial charge in [0.1, 0.15) is 11.5 Å². The van der Waals surface area contributed by atoms with E-state index in [1.54, 1.807) is 7.11 Å². The minimum Gasteiger partial charge on any atom is -0.497 e. The van der Waals surface area contributed by atoms with Crippen LogP contribution in [0.2, 0.25) is 0 Å². The first-order chi connectivity index (χ1) is 7.88. The van der Waals surface area contributed by atoms with Crippen molar-refractivity contribution in [2.45, 2.75) is 12.8 Å². The standard InChI is InChI=1S/C13H19NO2.ClH/c1-15-12-2-4-13(5-3-12)16-10-11-6-8-14-9-7-11;/h2-5,11,14H,6-10H2,1H3;1H. The summed E-state index contributed by atoms with van der Waals surface area (Å²) in [6.45, 7) is 3.07. The van der Waals surface area contributed by atoms with Crippen LogP contribution in [-0.2, 0) is 0 Å². The first-order valence-electron chi connectivity index (χ1n) is 5.86. The predicted octanol–water partition coefficient (Wildman–Crippen LogP) is 2.50. The summed E-state index contributed by atoms with van der Waals surface area (Å²) >= 11 is 0. The van der Waals surface area contributed by atoms with Crippen molar-refractivity contribution < 1.29 is 9.47 Å². The van der Waals surface area contributed by atoms with E-state index in [1.807, 2.05) is 24.3 Å². The Morgan fingerprint density at radius 3 is 2.29 bits per heavy atom. The molecule has 1 heterocycles. The minimum absolute atomic E-state index is 0. The maximum absolute atomic E-state index is 5.76. The lowest BCUT2D eigenvalue weighted by Crippen LogP contribution is -2.30. The second kappa shape index (κ2) is 7.41. The zero-order valence-electron chi connectivity index (χ0n) is 10.1. The number of ether oxygens (including phenoxy) is 2. The van der Waals surface area contributed by atoms with Gasteiger partial charge >= 0.3 is 0 Å². The Bertz CT molecular complexity index is 310. The zero-order valence-corrected chi connectivity index (χ0v) is 11.0. The average molecular weight is 258 g/mol. The first-order valence-corrected chi connectivity index (χ1v) is 5.86. The normalized spacial score (nSPS) is 16.1. The van der Waals surface area contributed by atoms with E-state index in [2.05, 4.69) is 5.32 Å². The fourth-order valence-corrected chi connectivity index (χ4v) is 1.93. The zero-order chi connectivity index (χ0) is 11.2.